The lowest BCUT2D eigenvalue weighted by Gasteiger charge is -2.56. The molecule has 2 heterocycles. The fourth-order valence-electron chi connectivity index (χ4n) is 6.91. The van der Waals surface area contributed by atoms with E-state index < -0.39 is 11.6 Å². The van der Waals surface area contributed by atoms with Gasteiger partial charge in [-0.1, -0.05) is 0 Å². The van der Waals surface area contributed by atoms with Crippen LogP contribution in [0.5, 0.6) is 0 Å². The number of ketones is 1. The molecule has 1 saturated heterocycles. The molecule has 3 amide bonds. The van der Waals surface area contributed by atoms with Gasteiger partial charge in [-0.2, -0.15) is 0 Å². The Bertz CT molecular complexity index is 850. The number of nitrogens with one attached hydrogen (secondary N) is 1. The van der Waals surface area contributed by atoms with E-state index >= 15 is 0 Å². The van der Waals surface area contributed by atoms with Crippen LogP contribution in [0, 0.1) is 37.0 Å². The monoisotopic (exact) mass is 384 g/mol. The third-order valence-corrected chi connectivity index (χ3v) is 7.79. The quantitative estimate of drug-likeness (QED) is 0.807. The number of hydrogen-bond acceptors (Lipinski definition) is 4. The summed E-state index contributed by atoms with van der Waals surface area (Å²) < 4.78 is 5.57. The highest BCUT2D eigenvalue weighted by Crippen LogP contribution is 2.60. The van der Waals surface area contributed by atoms with Gasteiger partial charge in [-0.15, -0.1) is 0 Å². The van der Waals surface area contributed by atoms with E-state index in [2.05, 4.69) is 5.32 Å². The van der Waals surface area contributed by atoms with Gasteiger partial charge in [-0.3, -0.25) is 14.5 Å². The van der Waals surface area contributed by atoms with Gasteiger partial charge in [0.1, 0.15) is 17.1 Å². The van der Waals surface area contributed by atoms with Crippen LogP contribution in [0.15, 0.2) is 10.5 Å². The van der Waals surface area contributed by atoms with Crippen LogP contribution in [-0.4, -0.2) is 29.2 Å². The van der Waals surface area contributed by atoms with E-state index in [4.69, 9.17) is 4.42 Å². The molecule has 0 aromatic carbocycles. The van der Waals surface area contributed by atoms with Crippen molar-refractivity contribution in [3.63, 3.8) is 0 Å². The molecule has 6 heteroatoms. The summed E-state index contributed by atoms with van der Waals surface area (Å²) in [5.74, 6) is 2.99. The van der Waals surface area contributed by atoms with E-state index in [1.165, 1.54) is 19.3 Å². The first-order valence-electron chi connectivity index (χ1n) is 10.4. The fraction of sp³-hybridized carbons (Fsp3) is 0.682. The molecule has 4 bridgehead atoms. The Balaban J connectivity index is 1.39. The van der Waals surface area contributed by atoms with Gasteiger partial charge in [0.05, 0.1) is 6.54 Å². The first-order valence-corrected chi connectivity index (χ1v) is 10.4. The molecule has 6 nitrogen and oxygen atoms in total. The van der Waals surface area contributed by atoms with Crippen molar-refractivity contribution in [2.45, 2.75) is 64.8 Å². The molecule has 5 aliphatic rings. The molecule has 0 radical (unpaired) electrons. The van der Waals surface area contributed by atoms with E-state index in [1.54, 1.807) is 19.9 Å². The highest BCUT2D eigenvalue weighted by atomic mass is 16.3. The number of amides is 3. The lowest BCUT2D eigenvalue weighted by molar-refractivity contribution is -0.147. The molecular formula is C22H28N2O4. The molecule has 28 heavy (non-hydrogen) atoms. The summed E-state index contributed by atoms with van der Waals surface area (Å²) in [5.41, 5.74) is -0.829. The molecule has 1 unspecified atom stereocenters. The van der Waals surface area contributed by atoms with Gasteiger partial charge in [-0.25, -0.2) is 4.79 Å². The number of nitrogens with zero attached hydrogens (tertiary/aromatic N) is 1. The van der Waals surface area contributed by atoms with E-state index in [0.29, 0.717) is 34.8 Å². The second-order valence-electron chi connectivity index (χ2n) is 9.89. The number of carbonyl (C=O) groups is 3. The number of hydrogen-bond donors (Lipinski definition) is 1. The maximum absolute atomic E-state index is 13.4. The Kier molecular flexibility index (Phi) is 3.66. The zero-order valence-corrected chi connectivity index (χ0v) is 16.8. The molecule has 1 aromatic heterocycles. The van der Waals surface area contributed by atoms with Crippen LogP contribution in [0.3, 0.4) is 0 Å². The van der Waals surface area contributed by atoms with Crippen LogP contribution in [0.1, 0.15) is 62.5 Å². The fourth-order valence-corrected chi connectivity index (χ4v) is 6.91. The predicted molar refractivity (Wildman–Crippen MR) is 101 cm³/mol. The minimum atomic E-state index is -1.18. The molecule has 1 atom stereocenters. The number of urea groups is 1. The number of Topliss-reactive ketones (excluding diaryl/α,β-unsaturated/α-hetero) is 1. The summed E-state index contributed by atoms with van der Waals surface area (Å²) in [6, 6.07) is 1.31. The summed E-state index contributed by atoms with van der Waals surface area (Å²) >= 11 is 0. The molecule has 5 fully saturated rings. The van der Waals surface area contributed by atoms with Gasteiger partial charge < -0.3 is 9.73 Å². The molecule has 1 N–H and O–H groups in total. The zero-order chi connectivity index (χ0) is 19.8. The van der Waals surface area contributed by atoms with Crippen molar-refractivity contribution in [1.82, 2.24) is 10.2 Å². The molecule has 0 spiro atoms. The normalized spacial score (nSPS) is 39.0. The smallest absolute Gasteiger partial charge is 0.325 e. The lowest BCUT2D eigenvalue weighted by Crippen LogP contribution is -2.53. The molecule has 1 aromatic rings. The van der Waals surface area contributed by atoms with Gasteiger partial charge in [0.2, 0.25) is 0 Å². The minimum absolute atomic E-state index is 0.0828. The van der Waals surface area contributed by atoms with Crippen LogP contribution in [0.2, 0.25) is 0 Å². The summed E-state index contributed by atoms with van der Waals surface area (Å²) in [6.07, 6.45) is 6.60. The third kappa shape index (κ3) is 2.42. The number of furan rings is 1. The Morgan fingerprint density at radius 1 is 1.14 bits per heavy atom. The molecule has 6 rings (SSSR count). The third-order valence-electron chi connectivity index (χ3n) is 7.79. The van der Waals surface area contributed by atoms with Crippen molar-refractivity contribution in [3.05, 3.63) is 23.2 Å². The van der Waals surface area contributed by atoms with Crippen molar-refractivity contribution >= 4 is 17.7 Å². The van der Waals surface area contributed by atoms with Gasteiger partial charge in [-0.05, 0) is 83.1 Å². The standard InChI is InChI=1S/C22H28N2O4/c1-12-4-17(13(2)28-12)21(3)19(26)24(20(27)23-21)11-18(25)22-8-14-5-15(9-22)7-16(6-14)10-22/h4,14-16H,5-11H2,1-3H3,(H,23,27). The maximum Gasteiger partial charge on any atom is 0.325 e. The number of imide groups is 1. The SMILES string of the molecule is Cc1cc(C2(C)NC(=O)N(CC(=O)C34CC5CC(CC(C5)C3)C4)C2=O)c(C)o1. The predicted octanol–water partition coefficient (Wildman–Crippen LogP) is 3.45. The molecule has 150 valence electrons. The van der Waals surface area contributed by atoms with Gasteiger partial charge in [0.15, 0.2) is 5.78 Å². The van der Waals surface area contributed by atoms with Crippen molar-refractivity contribution in [1.29, 1.82) is 0 Å². The van der Waals surface area contributed by atoms with E-state index in [0.717, 1.165) is 24.2 Å². The second-order valence-corrected chi connectivity index (χ2v) is 9.89. The summed E-state index contributed by atoms with van der Waals surface area (Å²) in [7, 11) is 0. The molecule has 4 aliphatic carbocycles. The first-order chi connectivity index (χ1) is 13.2. The Labute approximate surface area is 165 Å². The maximum atomic E-state index is 13.4. The molecule has 1 aliphatic heterocycles. The Hall–Kier alpha value is -2.11. The topological polar surface area (TPSA) is 79.6 Å². The lowest BCUT2D eigenvalue weighted by atomic mass is 9.48. The van der Waals surface area contributed by atoms with Crippen LogP contribution < -0.4 is 5.32 Å². The number of aryl methyl sites for hydroxylation is 2. The Morgan fingerprint density at radius 3 is 2.21 bits per heavy atom. The van der Waals surface area contributed by atoms with Gasteiger partial charge in [0, 0.05) is 11.0 Å². The highest BCUT2D eigenvalue weighted by molar-refractivity contribution is 6.09. The van der Waals surface area contributed by atoms with Crippen molar-refractivity contribution in [2.24, 2.45) is 23.2 Å². The average molecular weight is 384 g/mol. The average Bonchev–Trinajstić information content (AvgIpc) is 3.05. The van der Waals surface area contributed by atoms with Crippen molar-refractivity contribution < 1.29 is 18.8 Å². The van der Waals surface area contributed by atoms with Crippen molar-refractivity contribution in [3.8, 4) is 0 Å². The van der Waals surface area contributed by atoms with E-state index in [9.17, 15) is 14.4 Å². The van der Waals surface area contributed by atoms with E-state index in [-0.39, 0.29) is 23.7 Å². The Morgan fingerprint density at radius 2 is 1.71 bits per heavy atom. The van der Waals surface area contributed by atoms with Gasteiger partial charge in [0.25, 0.3) is 5.91 Å². The summed E-state index contributed by atoms with van der Waals surface area (Å²) in [6.45, 7) is 5.19. The first kappa shape index (κ1) is 18.0. The molecular weight excluding hydrogens is 356 g/mol. The summed E-state index contributed by atoms with van der Waals surface area (Å²) in [4.78, 5) is 40.4. The van der Waals surface area contributed by atoms with Gasteiger partial charge >= 0.3 is 6.03 Å². The van der Waals surface area contributed by atoms with Crippen LogP contribution in [0.4, 0.5) is 4.79 Å². The molecule has 4 saturated carbocycles. The number of rotatable bonds is 4. The second kappa shape index (κ2) is 5.71. The number of carbonyl (C=O) groups excluding carboxylic acids is 3. The largest absolute Gasteiger partial charge is 0.466 e. The van der Waals surface area contributed by atoms with Crippen molar-refractivity contribution in [2.75, 3.05) is 6.54 Å². The van der Waals surface area contributed by atoms with E-state index in [1.807, 2.05) is 6.92 Å². The highest BCUT2D eigenvalue weighted by Gasteiger charge is 2.56. The minimum Gasteiger partial charge on any atom is -0.466 e. The van der Waals surface area contributed by atoms with Crippen LogP contribution in [0.25, 0.3) is 0 Å². The van der Waals surface area contributed by atoms with Crippen LogP contribution in [-0.2, 0) is 15.1 Å². The van der Waals surface area contributed by atoms with Crippen LogP contribution >= 0.6 is 0 Å². The summed E-state index contributed by atoms with van der Waals surface area (Å²) in [5, 5.41) is 2.80. The zero-order valence-electron chi connectivity index (χ0n) is 16.8.